The molecule has 0 aromatic carbocycles. The van der Waals surface area contributed by atoms with Gasteiger partial charge in [-0.15, -0.1) is 13.2 Å². The molecule has 0 saturated carbocycles. The van der Waals surface area contributed by atoms with Gasteiger partial charge in [0.15, 0.2) is 0 Å². The molecule has 0 saturated heterocycles. The monoisotopic (exact) mass is 277 g/mol. The predicted molar refractivity (Wildman–Crippen MR) is 53.4 cm³/mol. The van der Waals surface area contributed by atoms with Crippen molar-refractivity contribution in [2.24, 2.45) is 0 Å². The molecule has 0 unspecified atom stereocenters. The van der Waals surface area contributed by atoms with Gasteiger partial charge in [0.05, 0.1) is 30.7 Å². The molecule has 1 heterocycles. The van der Waals surface area contributed by atoms with E-state index < -0.39 is 29.1 Å². The number of methoxy groups -OCH3 is 1. The average Bonchev–Trinajstić information content (AvgIpc) is 2.27. The summed E-state index contributed by atoms with van der Waals surface area (Å²) >= 11 is 0. The summed E-state index contributed by atoms with van der Waals surface area (Å²) in [6.45, 7) is 0. The van der Waals surface area contributed by atoms with Crippen LogP contribution in [0.4, 0.5) is 18.9 Å². The molecule has 0 N–H and O–H groups in total. The second-order valence-electron chi connectivity index (χ2n) is 3.10. The molecule has 10 heteroatoms. The summed E-state index contributed by atoms with van der Waals surface area (Å²) in [5.41, 5.74) is -1.37. The summed E-state index contributed by atoms with van der Waals surface area (Å²) in [6.07, 6.45) is -5.13. The number of pyridine rings is 1. The Labute approximate surface area is 104 Å². The first-order valence-corrected chi connectivity index (χ1v) is 4.63. The molecule has 0 bridgehead atoms. The predicted octanol–water partition coefficient (Wildman–Crippen LogP) is 1.96. The van der Waals surface area contributed by atoms with Crippen LogP contribution in [0.15, 0.2) is 6.20 Å². The van der Waals surface area contributed by atoms with Crippen molar-refractivity contribution in [3.63, 3.8) is 0 Å². The Morgan fingerprint density at radius 3 is 2.63 bits per heavy atom. The Bertz CT molecular complexity index is 539. The first-order valence-electron chi connectivity index (χ1n) is 4.63. The van der Waals surface area contributed by atoms with E-state index in [0.717, 1.165) is 7.11 Å². The molecule has 7 nitrogen and oxygen atoms in total. The van der Waals surface area contributed by atoms with Crippen LogP contribution in [0, 0.1) is 21.4 Å². The summed E-state index contributed by atoms with van der Waals surface area (Å²) in [5.74, 6) is -1.40. The average molecular weight is 277 g/mol. The summed E-state index contributed by atoms with van der Waals surface area (Å²) in [6, 6.07) is 1.58. The van der Waals surface area contributed by atoms with E-state index >= 15 is 0 Å². The van der Waals surface area contributed by atoms with Gasteiger partial charge in [-0.3, -0.25) is 10.1 Å². The molecule has 0 aliphatic heterocycles. The fraction of sp³-hybridized carbons (Fsp3) is 0.333. The van der Waals surface area contributed by atoms with Crippen LogP contribution >= 0.6 is 0 Å². The molecule has 0 aliphatic carbocycles. The SMILES string of the molecule is COc1ncc(OC(F)(F)F)c([N+](=O)[O-])c1CC#N. The zero-order chi connectivity index (χ0) is 14.6. The van der Waals surface area contributed by atoms with Crippen molar-refractivity contribution in [3.8, 4) is 17.7 Å². The lowest BCUT2D eigenvalue weighted by atomic mass is 10.1. The number of nitrogens with zero attached hydrogens (tertiary/aromatic N) is 3. The molecule has 0 atom stereocenters. The Balaban J connectivity index is 3.45. The van der Waals surface area contributed by atoms with Gasteiger partial charge in [0.1, 0.15) is 5.56 Å². The van der Waals surface area contributed by atoms with E-state index in [0.29, 0.717) is 6.20 Å². The highest BCUT2D eigenvalue weighted by molar-refractivity contribution is 5.56. The topological polar surface area (TPSA) is 98.3 Å². The first kappa shape index (κ1) is 14.5. The van der Waals surface area contributed by atoms with Gasteiger partial charge in [-0.1, -0.05) is 0 Å². The maximum Gasteiger partial charge on any atom is 0.573 e. The lowest BCUT2D eigenvalue weighted by molar-refractivity contribution is -0.389. The van der Waals surface area contributed by atoms with E-state index in [1.165, 1.54) is 0 Å². The Morgan fingerprint density at radius 1 is 1.58 bits per heavy atom. The first-order chi connectivity index (χ1) is 8.80. The highest BCUT2D eigenvalue weighted by atomic mass is 19.4. The zero-order valence-corrected chi connectivity index (χ0v) is 9.39. The van der Waals surface area contributed by atoms with Crippen LogP contribution < -0.4 is 9.47 Å². The number of rotatable bonds is 4. The van der Waals surface area contributed by atoms with E-state index in [4.69, 9.17) is 5.26 Å². The molecule has 0 amide bonds. The second-order valence-corrected chi connectivity index (χ2v) is 3.10. The number of nitriles is 1. The Kier molecular flexibility index (Phi) is 4.11. The van der Waals surface area contributed by atoms with Crippen molar-refractivity contribution in [2.45, 2.75) is 12.8 Å². The summed E-state index contributed by atoms with van der Waals surface area (Å²) in [5, 5.41) is 19.4. The lowest BCUT2D eigenvalue weighted by Gasteiger charge is -2.11. The van der Waals surface area contributed by atoms with Crippen molar-refractivity contribution >= 4 is 5.69 Å². The third kappa shape index (κ3) is 3.44. The lowest BCUT2D eigenvalue weighted by Crippen LogP contribution is -2.18. The molecule has 0 radical (unpaired) electrons. The molecule has 19 heavy (non-hydrogen) atoms. The van der Waals surface area contributed by atoms with Gasteiger partial charge in [0.25, 0.3) is 0 Å². The summed E-state index contributed by atoms with van der Waals surface area (Å²) < 4.78 is 44.5. The molecule has 0 fully saturated rings. The van der Waals surface area contributed by atoms with Crippen LogP contribution in [0.1, 0.15) is 5.56 Å². The van der Waals surface area contributed by atoms with Gasteiger partial charge in [-0.25, -0.2) is 4.98 Å². The molecular formula is C9H6F3N3O4. The fourth-order valence-electron chi connectivity index (χ4n) is 1.32. The smallest absolute Gasteiger partial charge is 0.481 e. The van der Waals surface area contributed by atoms with Gasteiger partial charge in [-0.2, -0.15) is 5.26 Å². The van der Waals surface area contributed by atoms with Gasteiger partial charge >= 0.3 is 12.0 Å². The van der Waals surface area contributed by atoms with Crippen molar-refractivity contribution in [1.82, 2.24) is 4.98 Å². The maximum absolute atomic E-state index is 12.1. The zero-order valence-electron chi connectivity index (χ0n) is 9.39. The van der Waals surface area contributed by atoms with E-state index in [-0.39, 0.29) is 11.4 Å². The van der Waals surface area contributed by atoms with Crippen molar-refractivity contribution < 1.29 is 27.6 Å². The largest absolute Gasteiger partial charge is 0.573 e. The molecule has 102 valence electrons. The number of halogens is 3. The number of alkyl halides is 3. The Morgan fingerprint density at radius 2 is 2.21 bits per heavy atom. The van der Waals surface area contributed by atoms with Gasteiger partial charge in [0.2, 0.25) is 11.6 Å². The van der Waals surface area contributed by atoms with Crippen molar-refractivity contribution in [3.05, 3.63) is 21.9 Å². The highest BCUT2D eigenvalue weighted by Crippen LogP contribution is 2.38. The normalized spacial score (nSPS) is 10.7. The standard InChI is InChI=1S/C9H6F3N3O4/c1-18-8-5(2-3-13)7(15(16)17)6(4-14-8)19-9(10,11)12/h4H,2H2,1H3. The van der Waals surface area contributed by atoms with Gasteiger partial charge < -0.3 is 9.47 Å². The molecule has 1 rings (SSSR count). The number of hydrogen-bond donors (Lipinski definition) is 0. The number of ether oxygens (including phenoxy) is 2. The van der Waals surface area contributed by atoms with Gasteiger partial charge in [0, 0.05) is 0 Å². The number of hydrogen-bond acceptors (Lipinski definition) is 6. The third-order valence-corrected chi connectivity index (χ3v) is 1.93. The summed E-state index contributed by atoms with van der Waals surface area (Å²) in [7, 11) is 1.12. The number of aromatic nitrogens is 1. The number of nitro groups is 1. The quantitative estimate of drug-likeness (QED) is 0.616. The third-order valence-electron chi connectivity index (χ3n) is 1.93. The highest BCUT2D eigenvalue weighted by Gasteiger charge is 2.36. The Hall–Kier alpha value is -2.57. The van der Waals surface area contributed by atoms with Crippen LogP contribution in [0.3, 0.4) is 0 Å². The minimum absolute atomic E-state index is 0.303. The molecule has 0 spiro atoms. The van der Waals surface area contributed by atoms with Crippen LogP contribution in [-0.4, -0.2) is 23.4 Å². The van der Waals surface area contributed by atoms with Crippen LogP contribution in [0.25, 0.3) is 0 Å². The molecule has 1 aromatic heterocycles. The van der Waals surface area contributed by atoms with E-state index in [1.54, 1.807) is 6.07 Å². The van der Waals surface area contributed by atoms with Crippen molar-refractivity contribution in [2.75, 3.05) is 7.11 Å². The molecule has 0 aliphatic rings. The van der Waals surface area contributed by atoms with E-state index in [1.807, 2.05) is 0 Å². The minimum Gasteiger partial charge on any atom is -0.481 e. The van der Waals surface area contributed by atoms with E-state index in [2.05, 4.69) is 14.5 Å². The molecule has 1 aromatic rings. The van der Waals surface area contributed by atoms with Crippen molar-refractivity contribution in [1.29, 1.82) is 5.26 Å². The van der Waals surface area contributed by atoms with Crippen LogP contribution in [0.2, 0.25) is 0 Å². The second kappa shape index (κ2) is 5.38. The van der Waals surface area contributed by atoms with Gasteiger partial charge in [-0.05, 0) is 0 Å². The molecular weight excluding hydrogens is 271 g/mol. The van der Waals surface area contributed by atoms with Crippen LogP contribution in [0.5, 0.6) is 11.6 Å². The maximum atomic E-state index is 12.1. The van der Waals surface area contributed by atoms with E-state index in [9.17, 15) is 23.3 Å². The minimum atomic E-state index is -5.11. The van der Waals surface area contributed by atoms with Crippen LogP contribution in [-0.2, 0) is 6.42 Å². The summed E-state index contributed by atoms with van der Waals surface area (Å²) in [4.78, 5) is 13.2. The fourth-order valence-corrected chi connectivity index (χ4v) is 1.32.